The SMILES string of the molecule is O=C(c1cccnc1)c1ccc(C(F)F)cc1Cl. The van der Waals surface area contributed by atoms with Crippen molar-refractivity contribution in [2.24, 2.45) is 0 Å². The van der Waals surface area contributed by atoms with Gasteiger partial charge >= 0.3 is 0 Å². The van der Waals surface area contributed by atoms with Crippen molar-refractivity contribution < 1.29 is 13.6 Å². The number of alkyl halides is 2. The fraction of sp³-hybridized carbons (Fsp3) is 0.0769. The van der Waals surface area contributed by atoms with Crippen LogP contribution in [-0.2, 0) is 0 Å². The number of benzene rings is 1. The highest BCUT2D eigenvalue weighted by atomic mass is 35.5. The van der Waals surface area contributed by atoms with Crippen molar-refractivity contribution in [3.63, 3.8) is 0 Å². The molecular formula is C13H8ClF2NO. The third-order valence-electron chi connectivity index (χ3n) is 2.41. The second-order valence-corrected chi connectivity index (χ2v) is 4.02. The van der Waals surface area contributed by atoms with E-state index in [1.165, 1.54) is 24.5 Å². The molecule has 92 valence electrons. The van der Waals surface area contributed by atoms with Gasteiger partial charge in [-0.25, -0.2) is 8.78 Å². The summed E-state index contributed by atoms with van der Waals surface area (Å²) >= 11 is 5.84. The molecule has 0 aliphatic rings. The molecule has 5 heteroatoms. The highest BCUT2D eigenvalue weighted by molar-refractivity contribution is 6.35. The number of pyridine rings is 1. The summed E-state index contributed by atoms with van der Waals surface area (Å²) in [7, 11) is 0. The van der Waals surface area contributed by atoms with E-state index in [2.05, 4.69) is 4.98 Å². The van der Waals surface area contributed by atoms with Crippen LogP contribution in [0.25, 0.3) is 0 Å². The molecular weight excluding hydrogens is 260 g/mol. The van der Waals surface area contributed by atoms with Crippen LogP contribution in [0.1, 0.15) is 27.9 Å². The van der Waals surface area contributed by atoms with E-state index in [4.69, 9.17) is 11.6 Å². The van der Waals surface area contributed by atoms with Crippen molar-refractivity contribution in [2.75, 3.05) is 0 Å². The number of hydrogen-bond acceptors (Lipinski definition) is 2. The molecule has 1 aromatic heterocycles. The molecule has 0 atom stereocenters. The summed E-state index contributed by atoms with van der Waals surface area (Å²) in [6, 6.07) is 6.82. The van der Waals surface area contributed by atoms with Gasteiger partial charge in [-0.2, -0.15) is 0 Å². The predicted octanol–water partition coefficient (Wildman–Crippen LogP) is 3.90. The number of nitrogens with zero attached hydrogens (tertiary/aromatic N) is 1. The van der Waals surface area contributed by atoms with E-state index in [1.54, 1.807) is 12.1 Å². The van der Waals surface area contributed by atoms with E-state index in [0.29, 0.717) is 5.56 Å². The van der Waals surface area contributed by atoms with Crippen LogP contribution in [0.15, 0.2) is 42.7 Å². The molecule has 2 nitrogen and oxygen atoms in total. The zero-order valence-electron chi connectivity index (χ0n) is 9.11. The molecule has 0 spiro atoms. The Morgan fingerprint density at radius 1 is 1.28 bits per heavy atom. The van der Waals surface area contributed by atoms with Crippen LogP contribution in [0.5, 0.6) is 0 Å². The van der Waals surface area contributed by atoms with Crippen LogP contribution in [0.4, 0.5) is 8.78 Å². The lowest BCUT2D eigenvalue weighted by Crippen LogP contribution is -2.03. The minimum atomic E-state index is -2.61. The number of carbonyl (C=O) groups excluding carboxylic acids is 1. The first kappa shape index (κ1) is 12.6. The molecule has 18 heavy (non-hydrogen) atoms. The van der Waals surface area contributed by atoms with Gasteiger partial charge in [0.25, 0.3) is 6.43 Å². The zero-order chi connectivity index (χ0) is 13.1. The minimum absolute atomic E-state index is 0.0154. The van der Waals surface area contributed by atoms with Crippen LogP contribution < -0.4 is 0 Å². The van der Waals surface area contributed by atoms with E-state index in [9.17, 15) is 13.6 Å². The third-order valence-corrected chi connectivity index (χ3v) is 2.73. The lowest BCUT2D eigenvalue weighted by molar-refractivity contribution is 0.103. The van der Waals surface area contributed by atoms with E-state index in [1.807, 2.05) is 0 Å². The quantitative estimate of drug-likeness (QED) is 0.790. The van der Waals surface area contributed by atoms with Gasteiger partial charge in [-0.1, -0.05) is 17.7 Å². The van der Waals surface area contributed by atoms with Crippen LogP contribution >= 0.6 is 11.6 Å². The molecule has 0 aliphatic heterocycles. The molecule has 0 N–H and O–H groups in total. The Morgan fingerprint density at radius 2 is 2.06 bits per heavy atom. The second-order valence-electron chi connectivity index (χ2n) is 3.61. The standard InChI is InChI=1S/C13H8ClF2NO/c14-11-6-8(13(15)16)3-4-10(11)12(18)9-2-1-5-17-7-9/h1-7,13H. The zero-order valence-corrected chi connectivity index (χ0v) is 9.86. The van der Waals surface area contributed by atoms with Gasteiger partial charge in [0.05, 0.1) is 5.02 Å². The van der Waals surface area contributed by atoms with Gasteiger partial charge in [-0.3, -0.25) is 9.78 Å². The highest BCUT2D eigenvalue weighted by Gasteiger charge is 2.15. The summed E-state index contributed by atoms with van der Waals surface area (Å²) in [6.07, 6.45) is 0.336. The normalized spacial score (nSPS) is 10.7. The van der Waals surface area contributed by atoms with Gasteiger partial charge in [-0.05, 0) is 24.3 Å². The van der Waals surface area contributed by atoms with Crippen LogP contribution in [0.3, 0.4) is 0 Å². The minimum Gasteiger partial charge on any atom is -0.288 e. The molecule has 0 saturated heterocycles. The average molecular weight is 268 g/mol. The van der Waals surface area contributed by atoms with Gasteiger partial charge < -0.3 is 0 Å². The third kappa shape index (κ3) is 2.54. The molecule has 0 bridgehead atoms. The Kier molecular flexibility index (Phi) is 3.67. The van der Waals surface area contributed by atoms with Gasteiger partial charge in [-0.15, -0.1) is 0 Å². The van der Waals surface area contributed by atoms with Gasteiger partial charge in [0.15, 0.2) is 5.78 Å². The Labute approximate surface area is 107 Å². The Bertz CT molecular complexity index is 572. The predicted molar refractivity (Wildman–Crippen MR) is 64.1 cm³/mol. The maximum absolute atomic E-state index is 12.4. The second kappa shape index (κ2) is 5.23. The number of rotatable bonds is 3. The van der Waals surface area contributed by atoms with Crippen LogP contribution in [-0.4, -0.2) is 10.8 Å². The summed E-state index contributed by atoms with van der Waals surface area (Å²) in [4.78, 5) is 15.9. The Hall–Kier alpha value is -1.81. The fourth-order valence-corrected chi connectivity index (χ4v) is 1.78. The molecule has 2 aromatic rings. The van der Waals surface area contributed by atoms with Crippen molar-refractivity contribution in [1.29, 1.82) is 0 Å². The summed E-state index contributed by atoms with van der Waals surface area (Å²) in [5, 5.41) is 0.0154. The first-order valence-corrected chi connectivity index (χ1v) is 5.49. The van der Waals surface area contributed by atoms with Crippen molar-refractivity contribution in [1.82, 2.24) is 4.98 Å². The number of ketones is 1. The number of carbonyl (C=O) groups is 1. The van der Waals surface area contributed by atoms with E-state index >= 15 is 0 Å². The Balaban J connectivity index is 2.38. The van der Waals surface area contributed by atoms with Crippen molar-refractivity contribution in [3.8, 4) is 0 Å². The van der Waals surface area contributed by atoms with Crippen molar-refractivity contribution in [3.05, 3.63) is 64.4 Å². The summed E-state index contributed by atoms with van der Waals surface area (Å²) in [5.41, 5.74) is 0.348. The maximum atomic E-state index is 12.4. The summed E-state index contributed by atoms with van der Waals surface area (Å²) < 4.78 is 24.9. The monoisotopic (exact) mass is 267 g/mol. The largest absolute Gasteiger partial charge is 0.288 e. The molecule has 1 heterocycles. The molecule has 1 aromatic carbocycles. The number of halogens is 3. The molecule has 0 fully saturated rings. The summed E-state index contributed by atoms with van der Waals surface area (Å²) in [5.74, 6) is -0.339. The average Bonchev–Trinajstić information content (AvgIpc) is 2.38. The lowest BCUT2D eigenvalue weighted by atomic mass is 10.0. The summed E-state index contributed by atoms with van der Waals surface area (Å²) in [6.45, 7) is 0. The highest BCUT2D eigenvalue weighted by Crippen LogP contribution is 2.26. The molecule has 0 radical (unpaired) electrons. The van der Waals surface area contributed by atoms with Gasteiger partial charge in [0.1, 0.15) is 0 Å². The van der Waals surface area contributed by atoms with Crippen molar-refractivity contribution in [2.45, 2.75) is 6.43 Å². The van der Waals surface area contributed by atoms with E-state index < -0.39 is 6.43 Å². The molecule has 0 saturated carbocycles. The van der Waals surface area contributed by atoms with Gasteiger partial charge in [0, 0.05) is 29.1 Å². The first-order chi connectivity index (χ1) is 8.59. The first-order valence-electron chi connectivity index (χ1n) is 5.12. The Morgan fingerprint density at radius 3 is 2.61 bits per heavy atom. The molecule has 0 aliphatic carbocycles. The van der Waals surface area contributed by atoms with Gasteiger partial charge in [0.2, 0.25) is 0 Å². The number of aromatic nitrogens is 1. The lowest BCUT2D eigenvalue weighted by Gasteiger charge is -2.06. The van der Waals surface area contributed by atoms with E-state index in [0.717, 1.165) is 6.07 Å². The van der Waals surface area contributed by atoms with Crippen LogP contribution in [0.2, 0.25) is 5.02 Å². The molecule has 2 rings (SSSR count). The topological polar surface area (TPSA) is 30.0 Å². The fourth-order valence-electron chi connectivity index (χ4n) is 1.50. The van der Waals surface area contributed by atoms with Crippen LogP contribution in [0, 0.1) is 0 Å². The maximum Gasteiger partial charge on any atom is 0.263 e. The van der Waals surface area contributed by atoms with Crippen molar-refractivity contribution >= 4 is 17.4 Å². The molecule has 0 amide bonds. The number of hydrogen-bond donors (Lipinski definition) is 0. The van der Waals surface area contributed by atoms with E-state index in [-0.39, 0.29) is 21.9 Å². The molecule has 0 unspecified atom stereocenters. The smallest absolute Gasteiger partial charge is 0.263 e.